The molecule has 1 aliphatic rings. The van der Waals surface area contributed by atoms with Crippen molar-refractivity contribution in [2.75, 3.05) is 27.4 Å². The quantitative estimate of drug-likeness (QED) is 0.667. The van der Waals surface area contributed by atoms with Gasteiger partial charge in [-0.1, -0.05) is 19.8 Å². The van der Waals surface area contributed by atoms with Gasteiger partial charge in [0.15, 0.2) is 0 Å². The Morgan fingerprint density at radius 2 is 2.12 bits per heavy atom. The molecule has 0 spiro atoms. The molecule has 0 radical (unpaired) electrons. The van der Waals surface area contributed by atoms with Crippen LogP contribution in [-0.4, -0.2) is 50.3 Å². The maximum Gasteiger partial charge on any atom is 0.323 e. The van der Waals surface area contributed by atoms with Crippen LogP contribution in [0, 0.1) is 0 Å². The number of carbonyl (C=O) groups is 1. The lowest BCUT2D eigenvalue weighted by Crippen LogP contribution is -2.47. The van der Waals surface area contributed by atoms with Crippen LogP contribution >= 0.6 is 0 Å². The lowest BCUT2D eigenvalue weighted by molar-refractivity contribution is -0.148. The second-order valence-corrected chi connectivity index (χ2v) is 4.69. The normalized spacial score (nSPS) is 19.3. The molecule has 1 atom stereocenters. The number of carbonyl (C=O) groups excluding carboxylic acids is 1. The van der Waals surface area contributed by atoms with E-state index in [0.29, 0.717) is 6.04 Å². The van der Waals surface area contributed by atoms with E-state index < -0.39 is 0 Å². The second-order valence-electron chi connectivity index (χ2n) is 4.69. The van der Waals surface area contributed by atoms with Crippen LogP contribution in [0.2, 0.25) is 0 Å². The van der Waals surface area contributed by atoms with Gasteiger partial charge >= 0.3 is 5.97 Å². The third-order valence-electron chi connectivity index (χ3n) is 3.56. The van der Waals surface area contributed by atoms with Crippen molar-refractivity contribution in [3.63, 3.8) is 0 Å². The van der Waals surface area contributed by atoms with Crippen LogP contribution in [-0.2, 0) is 14.3 Å². The molecule has 0 aromatic heterocycles. The molecule has 1 heterocycles. The number of esters is 1. The number of hydrogen-bond donors (Lipinski definition) is 0. The van der Waals surface area contributed by atoms with Crippen molar-refractivity contribution >= 4 is 5.97 Å². The molecule has 1 rings (SSSR count). The third-order valence-corrected chi connectivity index (χ3v) is 3.56. The number of rotatable bonds is 6. The Kier molecular flexibility index (Phi) is 6.52. The smallest absolute Gasteiger partial charge is 0.323 e. The standard InChI is InChI=1S/C13H25NO3/c1-4-5-6-12(13(15)16-3)14(2)11-7-9-17-10-8-11/h11-12H,4-10H2,1-3H3. The monoisotopic (exact) mass is 243 g/mol. The van der Waals surface area contributed by atoms with E-state index in [4.69, 9.17) is 9.47 Å². The topological polar surface area (TPSA) is 38.8 Å². The summed E-state index contributed by atoms with van der Waals surface area (Å²) in [6.07, 6.45) is 5.08. The van der Waals surface area contributed by atoms with Crippen LogP contribution in [0.25, 0.3) is 0 Å². The molecule has 0 aromatic rings. The van der Waals surface area contributed by atoms with Crippen molar-refractivity contribution in [1.82, 2.24) is 4.90 Å². The van der Waals surface area contributed by atoms with Crippen LogP contribution < -0.4 is 0 Å². The molecule has 1 saturated heterocycles. The van der Waals surface area contributed by atoms with Gasteiger partial charge in [0.1, 0.15) is 6.04 Å². The van der Waals surface area contributed by atoms with Gasteiger partial charge in [-0.3, -0.25) is 9.69 Å². The molecule has 1 unspecified atom stereocenters. The van der Waals surface area contributed by atoms with Crippen molar-refractivity contribution in [2.24, 2.45) is 0 Å². The molecule has 100 valence electrons. The van der Waals surface area contributed by atoms with Gasteiger partial charge in [-0.15, -0.1) is 0 Å². The van der Waals surface area contributed by atoms with E-state index in [2.05, 4.69) is 11.8 Å². The molecule has 1 fully saturated rings. The molecule has 4 heteroatoms. The summed E-state index contributed by atoms with van der Waals surface area (Å²) >= 11 is 0. The lowest BCUT2D eigenvalue weighted by atomic mass is 10.0. The predicted molar refractivity (Wildman–Crippen MR) is 66.9 cm³/mol. The van der Waals surface area contributed by atoms with Gasteiger partial charge in [-0.25, -0.2) is 0 Å². The molecule has 0 saturated carbocycles. The van der Waals surface area contributed by atoms with Crippen molar-refractivity contribution in [3.8, 4) is 0 Å². The molecule has 0 N–H and O–H groups in total. The Hall–Kier alpha value is -0.610. The number of likely N-dealkylation sites (N-methyl/N-ethyl adjacent to an activating group) is 1. The number of unbranched alkanes of at least 4 members (excludes halogenated alkanes) is 1. The highest BCUT2D eigenvalue weighted by Gasteiger charge is 2.29. The first-order chi connectivity index (χ1) is 8.20. The molecule has 4 nitrogen and oxygen atoms in total. The summed E-state index contributed by atoms with van der Waals surface area (Å²) in [6, 6.07) is 0.354. The van der Waals surface area contributed by atoms with Gasteiger partial charge in [0.2, 0.25) is 0 Å². The van der Waals surface area contributed by atoms with E-state index >= 15 is 0 Å². The summed E-state index contributed by atoms with van der Waals surface area (Å²) in [7, 11) is 3.51. The van der Waals surface area contributed by atoms with Gasteiger partial charge in [0.05, 0.1) is 7.11 Å². The number of ether oxygens (including phenoxy) is 2. The van der Waals surface area contributed by atoms with E-state index in [1.165, 1.54) is 7.11 Å². The van der Waals surface area contributed by atoms with Crippen LogP contribution in [0.3, 0.4) is 0 Å². The zero-order valence-electron chi connectivity index (χ0n) is 11.3. The Labute approximate surface area is 104 Å². The first-order valence-corrected chi connectivity index (χ1v) is 6.58. The highest BCUT2D eigenvalue weighted by Crippen LogP contribution is 2.19. The van der Waals surface area contributed by atoms with E-state index in [1.807, 2.05) is 7.05 Å². The van der Waals surface area contributed by atoms with E-state index in [1.54, 1.807) is 0 Å². The SMILES string of the molecule is CCCCC(C(=O)OC)N(C)C1CCOCC1. The summed E-state index contributed by atoms with van der Waals surface area (Å²) in [5.41, 5.74) is 0. The average Bonchev–Trinajstić information content (AvgIpc) is 2.39. The van der Waals surface area contributed by atoms with E-state index in [-0.39, 0.29) is 12.0 Å². The maximum absolute atomic E-state index is 11.8. The van der Waals surface area contributed by atoms with Crippen LogP contribution in [0.15, 0.2) is 0 Å². The van der Waals surface area contributed by atoms with Crippen molar-refractivity contribution in [3.05, 3.63) is 0 Å². The summed E-state index contributed by atoms with van der Waals surface area (Å²) in [5.74, 6) is -0.104. The molecule has 1 aliphatic heterocycles. The number of methoxy groups -OCH3 is 1. The Morgan fingerprint density at radius 3 is 2.65 bits per heavy atom. The summed E-state index contributed by atoms with van der Waals surface area (Å²) in [6.45, 7) is 3.75. The zero-order valence-corrected chi connectivity index (χ0v) is 11.3. The lowest BCUT2D eigenvalue weighted by Gasteiger charge is -2.35. The molecular formula is C13H25NO3. The van der Waals surface area contributed by atoms with Crippen molar-refractivity contribution in [2.45, 2.75) is 51.1 Å². The minimum Gasteiger partial charge on any atom is -0.468 e. The maximum atomic E-state index is 11.8. The first kappa shape index (κ1) is 14.5. The molecular weight excluding hydrogens is 218 g/mol. The van der Waals surface area contributed by atoms with Gasteiger partial charge in [-0.2, -0.15) is 0 Å². The fourth-order valence-corrected chi connectivity index (χ4v) is 2.37. The fourth-order valence-electron chi connectivity index (χ4n) is 2.37. The highest BCUT2D eigenvalue weighted by molar-refractivity contribution is 5.75. The third kappa shape index (κ3) is 4.28. The molecule has 0 bridgehead atoms. The number of nitrogens with zero attached hydrogens (tertiary/aromatic N) is 1. The molecule has 17 heavy (non-hydrogen) atoms. The van der Waals surface area contributed by atoms with Gasteiger partial charge in [0.25, 0.3) is 0 Å². The van der Waals surface area contributed by atoms with Crippen LogP contribution in [0.4, 0.5) is 0 Å². The second kappa shape index (κ2) is 7.67. The first-order valence-electron chi connectivity index (χ1n) is 6.58. The number of hydrogen-bond acceptors (Lipinski definition) is 4. The van der Waals surface area contributed by atoms with Gasteiger partial charge in [0, 0.05) is 19.3 Å². The van der Waals surface area contributed by atoms with E-state index in [9.17, 15) is 4.79 Å². The molecule has 0 aromatic carbocycles. The zero-order chi connectivity index (χ0) is 12.7. The molecule has 0 amide bonds. The van der Waals surface area contributed by atoms with Crippen LogP contribution in [0.5, 0.6) is 0 Å². The molecule has 0 aliphatic carbocycles. The van der Waals surface area contributed by atoms with Crippen LogP contribution in [0.1, 0.15) is 39.0 Å². The summed E-state index contributed by atoms with van der Waals surface area (Å²) in [4.78, 5) is 14.0. The summed E-state index contributed by atoms with van der Waals surface area (Å²) < 4.78 is 10.3. The Bertz CT molecular complexity index is 227. The highest BCUT2D eigenvalue weighted by atomic mass is 16.5. The average molecular weight is 243 g/mol. The van der Waals surface area contributed by atoms with Gasteiger partial charge in [-0.05, 0) is 26.3 Å². The minimum absolute atomic E-state index is 0.0944. The fraction of sp³-hybridized carbons (Fsp3) is 0.923. The van der Waals surface area contributed by atoms with Crippen molar-refractivity contribution < 1.29 is 14.3 Å². The van der Waals surface area contributed by atoms with E-state index in [0.717, 1.165) is 45.3 Å². The largest absolute Gasteiger partial charge is 0.468 e. The Morgan fingerprint density at radius 1 is 1.47 bits per heavy atom. The van der Waals surface area contributed by atoms with Crippen molar-refractivity contribution in [1.29, 1.82) is 0 Å². The minimum atomic E-state index is -0.104. The van der Waals surface area contributed by atoms with Gasteiger partial charge < -0.3 is 9.47 Å². The Balaban J connectivity index is 2.56. The predicted octanol–water partition coefficient (Wildman–Crippen LogP) is 1.83. The summed E-state index contributed by atoms with van der Waals surface area (Å²) in [5, 5.41) is 0.